The average Bonchev–Trinajstić information content (AvgIpc) is 2.54. The highest BCUT2D eigenvalue weighted by molar-refractivity contribution is 7.88. The van der Waals surface area contributed by atoms with E-state index < -0.39 is 16.0 Å². The zero-order valence-corrected chi connectivity index (χ0v) is 13.9. The zero-order chi connectivity index (χ0) is 17.0. The Morgan fingerprint density at radius 2 is 1.91 bits per heavy atom. The number of nitrogens with one attached hydrogen (secondary N) is 1. The van der Waals surface area contributed by atoms with E-state index in [2.05, 4.69) is 10.1 Å². The van der Waals surface area contributed by atoms with E-state index in [1.807, 2.05) is 0 Å². The van der Waals surface area contributed by atoms with Crippen LogP contribution >= 0.6 is 0 Å². The fraction of sp³-hybridized carbons (Fsp3) is 0.467. The molecule has 126 valence electrons. The molecule has 0 saturated carbocycles. The highest BCUT2D eigenvalue weighted by Crippen LogP contribution is 2.20. The number of nitrogens with zero attached hydrogens (tertiary/aromatic N) is 1. The monoisotopic (exact) mass is 340 g/mol. The van der Waals surface area contributed by atoms with Crippen molar-refractivity contribution in [1.82, 2.24) is 4.31 Å². The SMILES string of the molecule is COC(=O)c1ccc(NC(=O)[C@H]2CCCN(S(C)(=O)=O)C2)cc1. The quantitative estimate of drug-likeness (QED) is 0.828. The van der Waals surface area contributed by atoms with Gasteiger partial charge in [0, 0.05) is 18.8 Å². The summed E-state index contributed by atoms with van der Waals surface area (Å²) in [6.45, 7) is 0.654. The third-order valence-electron chi connectivity index (χ3n) is 3.80. The van der Waals surface area contributed by atoms with Gasteiger partial charge in [0.1, 0.15) is 0 Å². The van der Waals surface area contributed by atoms with Crippen LogP contribution < -0.4 is 5.32 Å². The fourth-order valence-electron chi connectivity index (χ4n) is 2.51. The minimum Gasteiger partial charge on any atom is -0.465 e. The molecule has 1 heterocycles. The number of piperidine rings is 1. The van der Waals surface area contributed by atoms with E-state index in [1.165, 1.54) is 11.4 Å². The summed E-state index contributed by atoms with van der Waals surface area (Å²) in [7, 11) is -1.98. The smallest absolute Gasteiger partial charge is 0.337 e. The van der Waals surface area contributed by atoms with Crippen LogP contribution in [0.5, 0.6) is 0 Å². The summed E-state index contributed by atoms with van der Waals surface area (Å²) in [5.41, 5.74) is 0.950. The Morgan fingerprint density at radius 1 is 1.26 bits per heavy atom. The number of sulfonamides is 1. The minimum absolute atomic E-state index is 0.199. The van der Waals surface area contributed by atoms with Gasteiger partial charge >= 0.3 is 5.97 Å². The number of ether oxygens (including phenoxy) is 1. The van der Waals surface area contributed by atoms with Gasteiger partial charge in [-0.1, -0.05) is 0 Å². The number of carbonyl (C=O) groups is 2. The molecule has 1 amide bonds. The van der Waals surface area contributed by atoms with Gasteiger partial charge in [0.15, 0.2) is 0 Å². The van der Waals surface area contributed by atoms with Gasteiger partial charge in [0.25, 0.3) is 0 Å². The van der Waals surface area contributed by atoms with E-state index >= 15 is 0 Å². The first-order valence-electron chi connectivity index (χ1n) is 7.25. The number of benzene rings is 1. The maximum Gasteiger partial charge on any atom is 0.337 e. The molecule has 1 saturated heterocycles. The van der Waals surface area contributed by atoms with Crippen molar-refractivity contribution in [3.63, 3.8) is 0 Å². The number of hydrogen-bond acceptors (Lipinski definition) is 5. The number of amides is 1. The molecule has 1 fully saturated rings. The lowest BCUT2D eigenvalue weighted by Gasteiger charge is -2.30. The number of carbonyl (C=O) groups excluding carboxylic acids is 2. The van der Waals surface area contributed by atoms with Crippen molar-refractivity contribution in [2.24, 2.45) is 5.92 Å². The van der Waals surface area contributed by atoms with Crippen LogP contribution in [0.4, 0.5) is 5.69 Å². The lowest BCUT2D eigenvalue weighted by molar-refractivity contribution is -0.120. The largest absolute Gasteiger partial charge is 0.465 e. The van der Waals surface area contributed by atoms with Crippen LogP contribution in [-0.4, -0.2) is 51.1 Å². The number of methoxy groups -OCH3 is 1. The summed E-state index contributed by atoms with van der Waals surface area (Å²) >= 11 is 0. The molecule has 1 aromatic carbocycles. The topological polar surface area (TPSA) is 92.8 Å². The van der Waals surface area contributed by atoms with Crippen molar-refractivity contribution in [3.05, 3.63) is 29.8 Å². The third kappa shape index (κ3) is 4.52. The molecule has 23 heavy (non-hydrogen) atoms. The molecule has 1 N–H and O–H groups in total. The molecule has 1 atom stereocenters. The van der Waals surface area contributed by atoms with Gasteiger partial charge in [-0.25, -0.2) is 17.5 Å². The Hall–Kier alpha value is -1.93. The van der Waals surface area contributed by atoms with Crippen molar-refractivity contribution >= 4 is 27.6 Å². The van der Waals surface area contributed by atoms with Crippen molar-refractivity contribution in [2.75, 3.05) is 31.8 Å². The van der Waals surface area contributed by atoms with E-state index in [1.54, 1.807) is 24.3 Å². The molecule has 0 spiro atoms. The molecule has 1 aliphatic rings. The van der Waals surface area contributed by atoms with E-state index in [4.69, 9.17) is 0 Å². The molecule has 0 unspecified atom stereocenters. The number of anilines is 1. The Balaban J connectivity index is 2.00. The molecule has 7 nitrogen and oxygen atoms in total. The Morgan fingerprint density at radius 3 is 2.48 bits per heavy atom. The first-order valence-corrected chi connectivity index (χ1v) is 9.10. The molecular weight excluding hydrogens is 320 g/mol. The molecule has 0 bridgehead atoms. The standard InChI is InChI=1S/C15H20N2O5S/c1-22-15(19)11-5-7-13(8-6-11)16-14(18)12-4-3-9-17(10-12)23(2,20)21/h5-8,12H,3-4,9-10H2,1-2H3,(H,16,18)/t12-/m0/s1. The van der Waals surface area contributed by atoms with Gasteiger partial charge in [0.05, 0.1) is 24.8 Å². The molecule has 1 aromatic rings. The van der Waals surface area contributed by atoms with Crippen LogP contribution in [0, 0.1) is 5.92 Å². The molecule has 2 rings (SSSR count). The average molecular weight is 340 g/mol. The van der Waals surface area contributed by atoms with Crippen LogP contribution in [0.2, 0.25) is 0 Å². The first kappa shape index (κ1) is 17.4. The maximum absolute atomic E-state index is 12.3. The van der Waals surface area contributed by atoms with Gasteiger partial charge in [-0.2, -0.15) is 0 Å². The summed E-state index contributed by atoms with van der Waals surface area (Å²) in [6, 6.07) is 6.35. The number of esters is 1. The lowest BCUT2D eigenvalue weighted by atomic mass is 9.98. The van der Waals surface area contributed by atoms with Crippen LogP contribution in [0.25, 0.3) is 0 Å². The third-order valence-corrected chi connectivity index (χ3v) is 5.07. The van der Waals surface area contributed by atoms with Crippen molar-refractivity contribution in [3.8, 4) is 0 Å². The van der Waals surface area contributed by atoms with Crippen LogP contribution in [0.3, 0.4) is 0 Å². The van der Waals surface area contributed by atoms with Gasteiger partial charge in [-0.15, -0.1) is 0 Å². The van der Waals surface area contributed by atoms with E-state index in [-0.39, 0.29) is 18.4 Å². The van der Waals surface area contributed by atoms with Gasteiger partial charge in [-0.05, 0) is 37.1 Å². The highest BCUT2D eigenvalue weighted by atomic mass is 32.2. The lowest BCUT2D eigenvalue weighted by Crippen LogP contribution is -2.43. The summed E-state index contributed by atoms with van der Waals surface area (Å²) in [5.74, 6) is -1.04. The van der Waals surface area contributed by atoms with E-state index in [0.717, 1.165) is 6.26 Å². The second kappa shape index (κ2) is 7.10. The second-order valence-corrected chi connectivity index (χ2v) is 7.50. The minimum atomic E-state index is -3.28. The van der Waals surface area contributed by atoms with E-state index in [9.17, 15) is 18.0 Å². The summed E-state index contributed by atoms with van der Waals surface area (Å²) in [5, 5.41) is 2.76. The maximum atomic E-state index is 12.3. The van der Waals surface area contributed by atoms with Crippen LogP contribution in [0.15, 0.2) is 24.3 Å². The van der Waals surface area contributed by atoms with Crippen molar-refractivity contribution < 1.29 is 22.7 Å². The molecule has 8 heteroatoms. The van der Waals surface area contributed by atoms with E-state index in [0.29, 0.717) is 30.6 Å². The highest BCUT2D eigenvalue weighted by Gasteiger charge is 2.30. The Kier molecular flexibility index (Phi) is 5.38. The zero-order valence-electron chi connectivity index (χ0n) is 13.1. The van der Waals surface area contributed by atoms with Crippen LogP contribution in [0.1, 0.15) is 23.2 Å². The molecular formula is C15H20N2O5S. The second-order valence-electron chi connectivity index (χ2n) is 5.52. The van der Waals surface area contributed by atoms with Crippen LogP contribution in [-0.2, 0) is 19.6 Å². The summed E-state index contributed by atoms with van der Waals surface area (Å²) < 4.78 is 29.1. The van der Waals surface area contributed by atoms with Gasteiger partial charge in [-0.3, -0.25) is 4.79 Å². The van der Waals surface area contributed by atoms with Gasteiger partial charge in [0.2, 0.25) is 15.9 Å². The molecule has 0 aromatic heterocycles. The fourth-order valence-corrected chi connectivity index (χ4v) is 3.42. The van der Waals surface area contributed by atoms with Gasteiger partial charge < -0.3 is 10.1 Å². The Labute approximate surface area is 135 Å². The number of hydrogen-bond donors (Lipinski definition) is 1. The Bertz CT molecular complexity index is 684. The van der Waals surface area contributed by atoms with Crippen molar-refractivity contribution in [2.45, 2.75) is 12.8 Å². The predicted molar refractivity (Wildman–Crippen MR) is 85.6 cm³/mol. The summed E-state index contributed by atoms with van der Waals surface area (Å²) in [6.07, 6.45) is 2.46. The predicted octanol–water partition coefficient (Wildman–Crippen LogP) is 1.08. The molecule has 1 aliphatic heterocycles. The normalized spacial score (nSPS) is 19.1. The molecule has 0 aliphatic carbocycles. The summed E-state index contributed by atoms with van der Waals surface area (Å²) in [4.78, 5) is 23.6. The first-order chi connectivity index (χ1) is 10.8. The molecule has 0 radical (unpaired) electrons. The van der Waals surface area contributed by atoms with Crippen molar-refractivity contribution in [1.29, 1.82) is 0 Å². The number of rotatable bonds is 4.